The first kappa shape index (κ1) is 17.2. The summed E-state index contributed by atoms with van der Waals surface area (Å²) in [4.78, 5) is 12.4. The van der Waals surface area contributed by atoms with E-state index in [0.717, 1.165) is 0 Å². The predicted molar refractivity (Wildman–Crippen MR) is 82.6 cm³/mol. The quantitative estimate of drug-likeness (QED) is 0.846. The zero-order chi connectivity index (χ0) is 17.3. The lowest BCUT2D eigenvalue weighted by molar-refractivity contribution is -0.197. The SMILES string of the molecule is O=C(Nc1cc2c(cc1Cl)OCCO2)C1CCCCC1C(F)(F)F. The molecule has 2 aliphatic rings. The molecule has 2 unspecified atom stereocenters. The molecule has 1 saturated carbocycles. The maximum absolute atomic E-state index is 13.2. The van der Waals surface area contributed by atoms with E-state index in [1.807, 2.05) is 0 Å². The molecule has 1 aliphatic heterocycles. The molecule has 1 heterocycles. The van der Waals surface area contributed by atoms with E-state index in [2.05, 4.69) is 5.32 Å². The molecule has 0 aromatic heterocycles. The van der Waals surface area contributed by atoms with Crippen LogP contribution in [0.3, 0.4) is 0 Å². The third kappa shape index (κ3) is 3.55. The lowest BCUT2D eigenvalue weighted by Crippen LogP contribution is -2.39. The number of rotatable bonds is 2. The summed E-state index contributed by atoms with van der Waals surface area (Å²) in [5, 5.41) is 2.73. The number of amides is 1. The van der Waals surface area contributed by atoms with Crippen LogP contribution in [-0.4, -0.2) is 25.3 Å². The molecule has 8 heteroatoms. The van der Waals surface area contributed by atoms with Crippen molar-refractivity contribution in [3.05, 3.63) is 17.2 Å². The van der Waals surface area contributed by atoms with Crippen LogP contribution in [0.15, 0.2) is 12.1 Å². The van der Waals surface area contributed by atoms with Gasteiger partial charge < -0.3 is 14.8 Å². The van der Waals surface area contributed by atoms with Gasteiger partial charge in [-0.25, -0.2) is 0 Å². The number of anilines is 1. The van der Waals surface area contributed by atoms with Crippen LogP contribution in [0.1, 0.15) is 25.7 Å². The van der Waals surface area contributed by atoms with Crippen molar-refractivity contribution in [2.24, 2.45) is 11.8 Å². The molecule has 1 aromatic carbocycles. The average Bonchev–Trinajstić information content (AvgIpc) is 2.54. The van der Waals surface area contributed by atoms with Crippen molar-refractivity contribution in [1.29, 1.82) is 0 Å². The van der Waals surface area contributed by atoms with Crippen LogP contribution in [0, 0.1) is 11.8 Å². The average molecular weight is 364 g/mol. The van der Waals surface area contributed by atoms with E-state index >= 15 is 0 Å². The van der Waals surface area contributed by atoms with Crippen molar-refractivity contribution in [2.45, 2.75) is 31.9 Å². The van der Waals surface area contributed by atoms with Crippen LogP contribution >= 0.6 is 11.6 Å². The molecule has 4 nitrogen and oxygen atoms in total. The Morgan fingerprint density at radius 2 is 1.75 bits per heavy atom. The number of benzene rings is 1. The Bertz CT molecular complexity index is 636. The van der Waals surface area contributed by atoms with E-state index in [1.165, 1.54) is 12.1 Å². The van der Waals surface area contributed by atoms with Gasteiger partial charge in [0.1, 0.15) is 13.2 Å². The van der Waals surface area contributed by atoms with Gasteiger partial charge in [-0.2, -0.15) is 13.2 Å². The molecule has 0 saturated heterocycles. The van der Waals surface area contributed by atoms with E-state index in [9.17, 15) is 18.0 Å². The summed E-state index contributed by atoms with van der Waals surface area (Å²) in [6.07, 6.45) is -3.08. The summed E-state index contributed by atoms with van der Waals surface area (Å²) in [5.74, 6) is -2.49. The molecule has 1 aromatic rings. The lowest BCUT2D eigenvalue weighted by atomic mass is 9.78. The monoisotopic (exact) mass is 363 g/mol. The first-order valence-electron chi connectivity index (χ1n) is 7.83. The van der Waals surface area contributed by atoms with Gasteiger partial charge in [0, 0.05) is 18.1 Å². The number of hydrogen-bond acceptors (Lipinski definition) is 3. The summed E-state index contributed by atoms with van der Waals surface area (Å²) in [5.41, 5.74) is 0.234. The Labute approximate surface area is 142 Å². The molecule has 24 heavy (non-hydrogen) atoms. The van der Waals surface area contributed by atoms with E-state index in [-0.39, 0.29) is 23.6 Å². The molecule has 3 rings (SSSR count). The zero-order valence-electron chi connectivity index (χ0n) is 12.8. The van der Waals surface area contributed by atoms with Crippen LogP contribution in [0.5, 0.6) is 11.5 Å². The molecule has 1 fully saturated rings. The van der Waals surface area contributed by atoms with Gasteiger partial charge in [0.05, 0.1) is 16.6 Å². The van der Waals surface area contributed by atoms with Crippen molar-refractivity contribution >= 4 is 23.2 Å². The highest BCUT2D eigenvalue weighted by atomic mass is 35.5. The molecule has 1 aliphatic carbocycles. The van der Waals surface area contributed by atoms with Crippen molar-refractivity contribution in [3.8, 4) is 11.5 Å². The topological polar surface area (TPSA) is 47.6 Å². The first-order valence-corrected chi connectivity index (χ1v) is 8.21. The normalized spacial score (nSPS) is 23.7. The van der Waals surface area contributed by atoms with Gasteiger partial charge in [0.25, 0.3) is 0 Å². The van der Waals surface area contributed by atoms with Gasteiger partial charge in [-0.05, 0) is 12.8 Å². The molecule has 132 valence electrons. The third-order valence-electron chi connectivity index (χ3n) is 4.41. The van der Waals surface area contributed by atoms with Gasteiger partial charge >= 0.3 is 6.18 Å². The Morgan fingerprint density at radius 3 is 2.42 bits per heavy atom. The number of carbonyl (C=O) groups excluding carboxylic acids is 1. The van der Waals surface area contributed by atoms with Crippen molar-refractivity contribution in [2.75, 3.05) is 18.5 Å². The maximum Gasteiger partial charge on any atom is 0.392 e. The van der Waals surface area contributed by atoms with Gasteiger partial charge in [-0.3, -0.25) is 4.79 Å². The second kappa shape index (κ2) is 6.70. The summed E-state index contributed by atoms with van der Waals surface area (Å²) >= 11 is 6.10. The third-order valence-corrected chi connectivity index (χ3v) is 4.73. The molecule has 2 atom stereocenters. The fourth-order valence-corrected chi connectivity index (χ4v) is 3.42. The molecular formula is C16H17ClF3NO3. The van der Waals surface area contributed by atoms with Gasteiger partial charge in [0.2, 0.25) is 5.91 Å². The molecule has 1 N–H and O–H groups in total. The minimum absolute atomic E-state index is 0.0174. The minimum atomic E-state index is -4.38. The maximum atomic E-state index is 13.2. The van der Waals surface area contributed by atoms with Crippen molar-refractivity contribution in [3.63, 3.8) is 0 Å². The fourth-order valence-electron chi connectivity index (χ4n) is 3.22. The summed E-state index contributed by atoms with van der Waals surface area (Å²) in [6, 6.07) is 2.98. The summed E-state index contributed by atoms with van der Waals surface area (Å²) < 4.78 is 50.2. The number of nitrogens with one attached hydrogen (secondary N) is 1. The smallest absolute Gasteiger partial charge is 0.392 e. The van der Waals surface area contributed by atoms with Gasteiger partial charge in [-0.15, -0.1) is 0 Å². The second-order valence-corrected chi connectivity index (χ2v) is 6.41. The predicted octanol–water partition coefficient (Wildman–Crippen LogP) is 4.42. The summed E-state index contributed by atoms with van der Waals surface area (Å²) in [6.45, 7) is 0.755. The van der Waals surface area contributed by atoms with Crippen molar-refractivity contribution in [1.82, 2.24) is 0 Å². The molecule has 0 spiro atoms. The fraction of sp³-hybridized carbons (Fsp3) is 0.562. The van der Waals surface area contributed by atoms with Crippen LogP contribution in [0.4, 0.5) is 18.9 Å². The molecule has 0 radical (unpaired) electrons. The molecule has 0 bridgehead atoms. The molecular weight excluding hydrogens is 347 g/mol. The van der Waals surface area contributed by atoms with Crippen LogP contribution in [0.2, 0.25) is 5.02 Å². The van der Waals surface area contributed by atoms with Crippen molar-refractivity contribution < 1.29 is 27.4 Å². The van der Waals surface area contributed by atoms with E-state index in [1.54, 1.807) is 0 Å². The number of halogens is 4. The Hall–Kier alpha value is -1.63. The highest BCUT2D eigenvalue weighted by Crippen LogP contribution is 2.43. The number of fused-ring (bicyclic) bond motifs is 1. The van der Waals surface area contributed by atoms with E-state index < -0.39 is 23.9 Å². The van der Waals surface area contributed by atoms with Crippen LogP contribution < -0.4 is 14.8 Å². The number of ether oxygens (including phenoxy) is 2. The first-order chi connectivity index (χ1) is 11.4. The Balaban J connectivity index is 1.78. The second-order valence-electron chi connectivity index (χ2n) is 6.00. The standard InChI is InChI=1S/C16H17ClF3NO3/c17-11-7-13-14(24-6-5-23-13)8-12(11)21-15(22)9-3-1-2-4-10(9)16(18,19)20/h7-10H,1-6H2,(H,21,22). The van der Waals surface area contributed by atoms with Crippen LogP contribution in [0.25, 0.3) is 0 Å². The highest BCUT2D eigenvalue weighted by molar-refractivity contribution is 6.34. The Kier molecular flexibility index (Phi) is 4.80. The number of hydrogen-bond donors (Lipinski definition) is 1. The highest BCUT2D eigenvalue weighted by Gasteiger charge is 2.48. The largest absolute Gasteiger partial charge is 0.486 e. The number of carbonyl (C=O) groups is 1. The van der Waals surface area contributed by atoms with E-state index in [4.69, 9.17) is 21.1 Å². The van der Waals surface area contributed by atoms with Gasteiger partial charge in [-0.1, -0.05) is 24.4 Å². The number of alkyl halides is 3. The molecule has 1 amide bonds. The zero-order valence-corrected chi connectivity index (χ0v) is 13.5. The van der Waals surface area contributed by atoms with Crippen LogP contribution in [-0.2, 0) is 4.79 Å². The minimum Gasteiger partial charge on any atom is -0.486 e. The lowest BCUT2D eigenvalue weighted by Gasteiger charge is -2.32. The van der Waals surface area contributed by atoms with Gasteiger partial charge in [0.15, 0.2) is 11.5 Å². The Morgan fingerprint density at radius 1 is 1.12 bits per heavy atom. The van der Waals surface area contributed by atoms with E-state index in [0.29, 0.717) is 37.6 Å². The summed E-state index contributed by atoms with van der Waals surface area (Å²) in [7, 11) is 0.